The molecule has 0 bridgehead atoms. The lowest BCUT2D eigenvalue weighted by atomic mass is 10.1. The van der Waals surface area contributed by atoms with Crippen molar-refractivity contribution in [2.75, 3.05) is 5.73 Å². The van der Waals surface area contributed by atoms with Crippen molar-refractivity contribution in [3.05, 3.63) is 29.8 Å². The van der Waals surface area contributed by atoms with Gasteiger partial charge in [-0.15, -0.1) is 0 Å². The van der Waals surface area contributed by atoms with E-state index in [1.165, 1.54) is 31.2 Å². The Morgan fingerprint density at radius 3 is 2.74 bits per heavy atom. The molecule has 0 unspecified atom stereocenters. The molecule has 2 nitrogen and oxygen atoms in total. The van der Waals surface area contributed by atoms with Crippen molar-refractivity contribution >= 4 is 28.1 Å². The first kappa shape index (κ1) is 13.0. The lowest BCUT2D eigenvalue weighted by molar-refractivity contribution is 0.886. The van der Waals surface area contributed by atoms with Gasteiger partial charge in [0.05, 0.1) is 0 Å². The lowest BCUT2D eigenvalue weighted by Gasteiger charge is -2.04. The Labute approximate surface area is 122 Å². The van der Waals surface area contributed by atoms with Gasteiger partial charge in [0.15, 0.2) is 4.34 Å². The molecule has 100 valence electrons. The highest BCUT2D eigenvalue weighted by Crippen LogP contribution is 2.41. The van der Waals surface area contributed by atoms with Gasteiger partial charge in [0.25, 0.3) is 0 Å². The molecule has 2 N–H and O–H groups in total. The number of nitrogen functional groups attached to an aromatic ring is 1. The molecule has 2 aromatic rings. The van der Waals surface area contributed by atoms with E-state index >= 15 is 0 Å². The second kappa shape index (κ2) is 5.55. The van der Waals surface area contributed by atoms with Gasteiger partial charge in [-0.25, -0.2) is 4.98 Å². The number of thioether (sulfide) groups is 1. The van der Waals surface area contributed by atoms with E-state index in [1.807, 2.05) is 17.8 Å². The van der Waals surface area contributed by atoms with Crippen LogP contribution in [0, 0.1) is 6.92 Å². The van der Waals surface area contributed by atoms with Gasteiger partial charge in [0.2, 0.25) is 0 Å². The van der Waals surface area contributed by atoms with Crippen molar-refractivity contribution in [1.82, 2.24) is 4.98 Å². The lowest BCUT2D eigenvalue weighted by Crippen LogP contribution is -1.92. The molecule has 4 heteroatoms. The summed E-state index contributed by atoms with van der Waals surface area (Å²) in [6.45, 7) is 2.11. The van der Waals surface area contributed by atoms with Gasteiger partial charge in [-0.2, -0.15) is 0 Å². The van der Waals surface area contributed by atoms with Crippen molar-refractivity contribution < 1.29 is 0 Å². The number of rotatable bonds is 3. The zero-order chi connectivity index (χ0) is 13.2. The molecule has 3 rings (SSSR count). The van der Waals surface area contributed by atoms with E-state index in [1.54, 1.807) is 11.3 Å². The van der Waals surface area contributed by atoms with Crippen molar-refractivity contribution in [1.29, 1.82) is 0 Å². The summed E-state index contributed by atoms with van der Waals surface area (Å²) in [5.74, 6) is 0. The Morgan fingerprint density at radius 1 is 1.26 bits per heavy atom. The topological polar surface area (TPSA) is 38.9 Å². The van der Waals surface area contributed by atoms with Crippen LogP contribution in [0.15, 0.2) is 28.6 Å². The number of nitrogens with zero attached hydrogens (tertiary/aromatic N) is 1. The molecule has 0 spiro atoms. The van der Waals surface area contributed by atoms with Crippen LogP contribution in [0.3, 0.4) is 0 Å². The molecule has 1 aliphatic carbocycles. The summed E-state index contributed by atoms with van der Waals surface area (Å²) < 4.78 is 1.13. The van der Waals surface area contributed by atoms with Crippen LogP contribution >= 0.6 is 23.1 Å². The molecule has 19 heavy (non-hydrogen) atoms. The summed E-state index contributed by atoms with van der Waals surface area (Å²) in [4.78, 5) is 4.76. The average molecular weight is 290 g/mol. The predicted octanol–water partition coefficient (Wildman–Crippen LogP) is 4.74. The number of thiazole rings is 1. The Kier molecular flexibility index (Phi) is 3.80. The number of hydrogen-bond acceptors (Lipinski definition) is 4. The average Bonchev–Trinajstić information content (AvgIpc) is 3.01. The molecule has 0 aliphatic heterocycles. The van der Waals surface area contributed by atoms with Crippen LogP contribution in [0.1, 0.15) is 31.2 Å². The summed E-state index contributed by atoms with van der Waals surface area (Å²) in [6.07, 6.45) is 5.38. The molecule has 1 aromatic heterocycles. The Balaban J connectivity index is 1.87. The number of anilines is 1. The second-order valence-electron chi connectivity index (χ2n) is 5.03. The summed E-state index contributed by atoms with van der Waals surface area (Å²) in [7, 11) is 0. The fourth-order valence-corrected chi connectivity index (χ4v) is 4.99. The zero-order valence-electron chi connectivity index (χ0n) is 11.1. The van der Waals surface area contributed by atoms with Crippen LogP contribution in [0.25, 0.3) is 11.3 Å². The van der Waals surface area contributed by atoms with E-state index in [0.717, 1.165) is 25.8 Å². The van der Waals surface area contributed by atoms with Gasteiger partial charge >= 0.3 is 0 Å². The van der Waals surface area contributed by atoms with Crippen LogP contribution in [-0.2, 0) is 0 Å². The minimum atomic E-state index is 0.746. The van der Waals surface area contributed by atoms with Crippen LogP contribution in [0.5, 0.6) is 0 Å². The Hall–Kier alpha value is -1.00. The van der Waals surface area contributed by atoms with Gasteiger partial charge in [-0.05, 0) is 25.3 Å². The van der Waals surface area contributed by atoms with E-state index in [-0.39, 0.29) is 0 Å². The van der Waals surface area contributed by atoms with Crippen LogP contribution < -0.4 is 5.73 Å². The van der Waals surface area contributed by atoms with Gasteiger partial charge in [-0.1, -0.05) is 60.2 Å². The van der Waals surface area contributed by atoms with E-state index in [9.17, 15) is 0 Å². The predicted molar refractivity (Wildman–Crippen MR) is 84.8 cm³/mol. The SMILES string of the molecule is Cc1ccccc1-c1nc(SC2CCCC2)sc1N. The first-order valence-corrected chi connectivity index (χ1v) is 8.42. The van der Waals surface area contributed by atoms with E-state index in [2.05, 4.69) is 25.1 Å². The maximum Gasteiger partial charge on any atom is 0.152 e. The molecule has 1 heterocycles. The summed E-state index contributed by atoms with van der Waals surface area (Å²) in [5.41, 5.74) is 9.52. The summed E-state index contributed by atoms with van der Waals surface area (Å²) in [5, 5.41) is 1.59. The minimum absolute atomic E-state index is 0.746. The van der Waals surface area contributed by atoms with Crippen molar-refractivity contribution in [2.45, 2.75) is 42.2 Å². The third-order valence-corrected chi connectivity index (χ3v) is 5.92. The highest BCUT2D eigenvalue weighted by molar-refractivity contribution is 8.01. The maximum absolute atomic E-state index is 6.16. The fraction of sp³-hybridized carbons (Fsp3) is 0.400. The number of aromatic nitrogens is 1. The molecule has 1 aliphatic rings. The normalized spacial score (nSPS) is 16.1. The van der Waals surface area contributed by atoms with Crippen LogP contribution in [-0.4, -0.2) is 10.2 Å². The third kappa shape index (κ3) is 2.79. The molecule has 1 saturated carbocycles. The van der Waals surface area contributed by atoms with Crippen molar-refractivity contribution in [3.63, 3.8) is 0 Å². The highest BCUT2D eigenvalue weighted by atomic mass is 32.2. The molecule has 1 fully saturated rings. The molecular weight excluding hydrogens is 272 g/mol. The largest absolute Gasteiger partial charge is 0.389 e. The van der Waals surface area contributed by atoms with E-state index in [0.29, 0.717) is 0 Å². The smallest absolute Gasteiger partial charge is 0.152 e. The number of aryl methyl sites for hydroxylation is 1. The van der Waals surface area contributed by atoms with Crippen LogP contribution in [0.2, 0.25) is 0 Å². The van der Waals surface area contributed by atoms with Gasteiger partial charge in [0, 0.05) is 10.8 Å². The van der Waals surface area contributed by atoms with Gasteiger partial charge in [0.1, 0.15) is 10.7 Å². The zero-order valence-corrected chi connectivity index (χ0v) is 12.7. The number of nitrogens with two attached hydrogens (primary N) is 1. The van der Waals surface area contributed by atoms with Gasteiger partial charge < -0.3 is 5.73 Å². The minimum Gasteiger partial charge on any atom is -0.389 e. The van der Waals surface area contributed by atoms with Gasteiger partial charge in [-0.3, -0.25) is 0 Å². The van der Waals surface area contributed by atoms with Crippen molar-refractivity contribution in [3.8, 4) is 11.3 Å². The van der Waals surface area contributed by atoms with E-state index in [4.69, 9.17) is 10.7 Å². The Bertz CT molecular complexity index is 571. The molecule has 0 radical (unpaired) electrons. The molecule has 0 saturated heterocycles. The summed E-state index contributed by atoms with van der Waals surface area (Å²) >= 11 is 3.55. The molecule has 1 aromatic carbocycles. The fourth-order valence-electron chi connectivity index (χ4n) is 2.54. The molecule has 0 amide bonds. The molecule has 0 atom stereocenters. The monoisotopic (exact) mass is 290 g/mol. The quantitative estimate of drug-likeness (QED) is 0.887. The van der Waals surface area contributed by atoms with E-state index < -0.39 is 0 Å². The standard InChI is InChI=1S/C15H18N2S2/c1-10-6-2-5-9-12(10)13-14(16)19-15(17-13)18-11-7-3-4-8-11/h2,5-6,9,11H,3-4,7-8,16H2,1H3. The third-order valence-electron chi connectivity index (χ3n) is 3.60. The van der Waals surface area contributed by atoms with Crippen LogP contribution in [0.4, 0.5) is 5.00 Å². The number of benzene rings is 1. The molecular formula is C15H18N2S2. The summed E-state index contributed by atoms with van der Waals surface area (Å²) in [6, 6.07) is 8.31. The van der Waals surface area contributed by atoms with Crippen molar-refractivity contribution in [2.24, 2.45) is 0 Å². The Morgan fingerprint density at radius 2 is 2.00 bits per heavy atom. The number of hydrogen-bond donors (Lipinski definition) is 1. The highest BCUT2D eigenvalue weighted by Gasteiger charge is 2.19. The first-order valence-electron chi connectivity index (χ1n) is 6.73. The maximum atomic E-state index is 6.16. The first-order chi connectivity index (χ1) is 9.24. The second-order valence-corrected chi connectivity index (χ2v) is 7.61.